The van der Waals surface area contributed by atoms with Gasteiger partial charge in [0.05, 0.1) is 24.0 Å². The maximum atomic E-state index is 12.0. The molecule has 3 aromatic rings. The van der Waals surface area contributed by atoms with Crippen LogP contribution in [0.5, 0.6) is 5.75 Å². The fourth-order valence-corrected chi connectivity index (χ4v) is 3.39. The number of amides is 2. The molecule has 3 rings (SSSR count). The summed E-state index contributed by atoms with van der Waals surface area (Å²) in [5.41, 5.74) is 5.95. The molecule has 1 aromatic heterocycles. The number of benzene rings is 2. The summed E-state index contributed by atoms with van der Waals surface area (Å²) in [6.07, 6.45) is 1.47. The Kier molecular flexibility index (Phi) is 6.99. The zero-order chi connectivity index (χ0) is 22.5. The molecule has 0 saturated carbocycles. The summed E-state index contributed by atoms with van der Waals surface area (Å²) >= 11 is 12.4. The smallest absolute Gasteiger partial charge is 0.329 e. The zero-order valence-electron chi connectivity index (χ0n) is 17.1. The van der Waals surface area contributed by atoms with Crippen molar-refractivity contribution < 1.29 is 14.3 Å². The van der Waals surface area contributed by atoms with Crippen LogP contribution < -0.4 is 15.5 Å². The number of anilines is 1. The van der Waals surface area contributed by atoms with E-state index in [9.17, 15) is 9.59 Å². The summed E-state index contributed by atoms with van der Waals surface area (Å²) in [7, 11) is 1.54. The monoisotopic (exact) mass is 458 g/mol. The molecule has 0 aliphatic heterocycles. The molecule has 9 heteroatoms. The van der Waals surface area contributed by atoms with Crippen molar-refractivity contribution in [2.75, 3.05) is 12.4 Å². The summed E-state index contributed by atoms with van der Waals surface area (Å²) in [4.78, 5) is 24.1. The van der Waals surface area contributed by atoms with Crippen molar-refractivity contribution >= 4 is 46.9 Å². The highest BCUT2D eigenvalue weighted by atomic mass is 35.5. The molecule has 0 aliphatic rings. The van der Waals surface area contributed by atoms with Gasteiger partial charge in [-0.2, -0.15) is 5.10 Å². The molecule has 0 spiro atoms. The topological polar surface area (TPSA) is 84.7 Å². The molecule has 0 bridgehead atoms. The lowest BCUT2D eigenvalue weighted by atomic mass is 10.2. The zero-order valence-corrected chi connectivity index (χ0v) is 18.6. The summed E-state index contributed by atoms with van der Waals surface area (Å²) in [5.74, 6) is -1.08. The number of halogens is 2. The Hall–Kier alpha value is -3.29. The third-order valence-corrected chi connectivity index (χ3v) is 5.10. The summed E-state index contributed by atoms with van der Waals surface area (Å²) in [6, 6.07) is 13.7. The largest absolute Gasteiger partial charge is 0.497 e. The van der Waals surface area contributed by atoms with Crippen LogP contribution in [-0.2, 0) is 9.59 Å². The average Bonchev–Trinajstić information content (AvgIpc) is 3.03. The van der Waals surface area contributed by atoms with Gasteiger partial charge in [0.2, 0.25) is 0 Å². The van der Waals surface area contributed by atoms with E-state index >= 15 is 0 Å². The maximum Gasteiger partial charge on any atom is 0.329 e. The number of hydrogen-bond acceptors (Lipinski definition) is 4. The molecule has 2 aromatic carbocycles. The number of carbonyl (C=O) groups is 2. The minimum Gasteiger partial charge on any atom is -0.497 e. The van der Waals surface area contributed by atoms with Crippen molar-refractivity contribution in [3.8, 4) is 11.4 Å². The van der Waals surface area contributed by atoms with Crippen LogP contribution in [0.2, 0.25) is 10.0 Å². The predicted octanol–water partition coefficient (Wildman–Crippen LogP) is 4.50. The lowest BCUT2D eigenvalue weighted by molar-refractivity contribution is -0.136. The van der Waals surface area contributed by atoms with E-state index in [2.05, 4.69) is 15.8 Å². The van der Waals surface area contributed by atoms with E-state index in [1.165, 1.54) is 6.21 Å². The van der Waals surface area contributed by atoms with Gasteiger partial charge in [0.25, 0.3) is 0 Å². The van der Waals surface area contributed by atoms with Crippen LogP contribution in [0.3, 0.4) is 0 Å². The van der Waals surface area contributed by atoms with E-state index < -0.39 is 11.8 Å². The quantitative estimate of drug-likeness (QED) is 0.335. The lowest BCUT2D eigenvalue weighted by Gasteiger charge is -2.12. The number of methoxy groups -OCH3 is 1. The highest BCUT2D eigenvalue weighted by Crippen LogP contribution is 2.28. The van der Waals surface area contributed by atoms with Gasteiger partial charge >= 0.3 is 11.8 Å². The van der Waals surface area contributed by atoms with Crippen molar-refractivity contribution in [1.29, 1.82) is 0 Å². The molecule has 0 fully saturated rings. The van der Waals surface area contributed by atoms with Gasteiger partial charge in [-0.05, 0) is 62.4 Å². The number of ether oxygens (including phenoxy) is 1. The molecule has 0 atom stereocenters. The van der Waals surface area contributed by atoms with Crippen molar-refractivity contribution in [2.24, 2.45) is 5.10 Å². The number of hydrazone groups is 1. The van der Waals surface area contributed by atoms with Crippen LogP contribution in [0.1, 0.15) is 17.0 Å². The van der Waals surface area contributed by atoms with Gasteiger partial charge < -0.3 is 14.6 Å². The number of rotatable bonds is 5. The standard InChI is InChI=1S/C22H20Cl2N4O3/c1-13-10-15(14(2)28(13)20-11-16(23)4-9-19(20)24)12-25-27-22(30)21(29)26-17-5-7-18(31-3)8-6-17/h4-12H,1-3H3,(H,26,29)(H,27,30)/b25-12-. The first kappa shape index (κ1) is 22.4. The molecule has 7 nitrogen and oxygen atoms in total. The van der Waals surface area contributed by atoms with Gasteiger partial charge in [0.15, 0.2) is 0 Å². The minimum absolute atomic E-state index is 0.465. The molecule has 0 radical (unpaired) electrons. The molecule has 160 valence electrons. The normalized spacial score (nSPS) is 10.9. The summed E-state index contributed by atoms with van der Waals surface area (Å²) < 4.78 is 6.99. The molecule has 1 heterocycles. The van der Waals surface area contributed by atoms with E-state index in [0.717, 1.165) is 22.6 Å². The van der Waals surface area contributed by atoms with Crippen LogP contribution in [0.15, 0.2) is 53.6 Å². The fourth-order valence-electron chi connectivity index (χ4n) is 3.02. The fraction of sp³-hybridized carbons (Fsp3) is 0.136. The van der Waals surface area contributed by atoms with Gasteiger partial charge in [-0.15, -0.1) is 0 Å². The Morgan fingerprint density at radius 3 is 2.42 bits per heavy atom. The van der Waals surface area contributed by atoms with E-state index in [1.54, 1.807) is 49.6 Å². The molecule has 2 N–H and O–H groups in total. The molecule has 0 aliphatic carbocycles. The third-order valence-electron chi connectivity index (χ3n) is 4.54. The second-order valence-electron chi connectivity index (χ2n) is 6.64. The number of carbonyl (C=O) groups excluding carboxylic acids is 2. The minimum atomic E-state index is -0.890. The van der Waals surface area contributed by atoms with Gasteiger partial charge in [-0.3, -0.25) is 9.59 Å². The van der Waals surface area contributed by atoms with Crippen molar-refractivity contribution in [2.45, 2.75) is 13.8 Å². The van der Waals surface area contributed by atoms with Gasteiger partial charge in [0.1, 0.15) is 5.75 Å². The van der Waals surface area contributed by atoms with Crippen LogP contribution >= 0.6 is 23.2 Å². The number of hydrogen-bond donors (Lipinski definition) is 2. The lowest BCUT2D eigenvalue weighted by Crippen LogP contribution is -2.32. The summed E-state index contributed by atoms with van der Waals surface area (Å²) in [6.45, 7) is 3.81. The van der Waals surface area contributed by atoms with Gasteiger partial charge in [-0.1, -0.05) is 23.2 Å². The van der Waals surface area contributed by atoms with Crippen molar-refractivity contribution in [3.05, 3.63) is 75.5 Å². The first-order valence-corrected chi connectivity index (χ1v) is 9.98. The first-order valence-electron chi connectivity index (χ1n) is 9.23. The first-order chi connectivity index (χ1) is 14.8. The SMILES string of the molecule is COc1ccc(NC(=O)C(=O)N/N=C\c2cc(C)n(-c3cc(Cl)ccc3Cl)c2C)cc1. The summed E-state index contributed by atoms with van der Waals surface area (Å²) in [5, 5.41) is 7.51. The Morgan fingerprint density at radius 2 is 1.74 bits per heavy atom. The molecular weight excluding hydrogens is 439 g/mol. The third kappa shape index (κ3) is 5.25. The van der Waals surface area contributed by atoms with E-state index in [0.29, 0.717) is 21.5 Å². The number of aromatic nitrogens is 1. The second-order valence-corrected chi connectivity index (χ2v) is 7.48. The van der Waals surface area contributed by atoms with Crippen molar-refractivity contribution in [1.82, 2.24) is 9.99 Å². The molecule has 2 amide bonds. The van der Waals surface area contributed by atoms with Crippen LogP contribution in [0.25, 0.3) is 5.69 Å². The Bertz CT molecular complexity index is 1150. The highest BCUT2D eigenvalue weighted by Gasteiger charge is 2.15. The van der Waals surface area contributed by atoms with Crippen LogP contribution in [-0.4, -0.2) is 29.7 Å². The number of nitrogens with zero attached hydrogens (tertiary/aromatic N) is 2. The number of nitrogens with one attached hydrogen (secondary N) is 2. The Morgan fingerprint density at radius 1 is 1.03 bits per heavy atom. The maximum absolute atomic E-state index is 12.0. The molecular formula is C22H20Cl2N4O3. The predicted molar refractivity (Wildman–Crippen MR) is 123 cm³/mol. The van der Waals surface area contributed by atoms with Gasteiger partial charge in [-0.25, -0.2) is 5.43 Å². The van der Waals surface area contributed by atoms with E-state index in [1.807, 2.05) is 24.5 Å². The van der Waals surface area contributed by atoms with E-state index in [4.69, 9.17) is 27.9 Å². The Labute approximate surface area is 189 Å². The molecule has 31 heavy (non-hydrogen) atoms. The van der Waals surface area contributed by atoms with Gasteiger partial charge in [0, 0.05) is 27.7 Å². The average molecular weight is 459 g/mol. The van der Waals surface area contributed by atoms with Crippen molar-refractivity contribution in [3.63, 3.8) is 0 Å². The molecule has 0 saturated heterocycles. The highest BCUT2D eigenvalue weighted by molar-refractivity contribution is 6.39. The number of aryl methyl sites for hydroxylation is 1. The van der Waals surface area contributed by atoms with Crippen LogP contribution in [0, 0.1) is 13.8 Å². The second kappa shape index (κ2) is 9.68. The van der Waals surface area contributed by atoms with E-state index in [-0.39, 0.29) is 0 Å². The Balaban J connectivity index is 1.68. The molecule has 0 unspecified atom stereocenters. The van der Waals surface area contributed by atoms with Crippen LogP contribution in [0.4, 0.5) is 5.69 Å².